The molecule has 1 aliphatic rings. The van der Waals surface area contributed by atoms with E-state index in [1.54, 1.807) is 17.5 Å². The Kier molecular flexibility index (Phi) is 3.52. The van der Waals surface area contributed by atoms with Gasteiger partial charge in [-0.3, -0.25) is 4.79 Å². The molecule has 0 unspecified atom stereocenters. The summed E-state index contributed by atoms with van der Waals surface area (Å²) in [4.78, 5) is 23.3. The summed E-state index contributed by atoms with van der Waals surface area (Å²) in [6.07, 6.45) is 5.35. The summed E-state index contributed by atoms with van der Waals surface area (Å²) >= 11 is 3.14. The molecule has 0 atom stereocenters. The minimum absolute atomic E-state index is 0.223. The molecule has 0 saturated carbocycles. The molecule has 3 heterocycles. The van der Waals surface area contributed by atoms with Gasteiger partial charge in [-0.15, -0.1) is 11.3 Å². The summed E-state index contributed by atoms with van der Waals surface area (Å²) in [5.74, 6) is 0.223. The van der Waals surface area contributed by atoms with E-state index in [0.717, 1.165) is 33.7 Å². The molecular formula is C13H13N3OS2. The lowest BCUT2D eigenvalue weighted by atomic mass is 10.3. The van der Waals surface area contributed by atoms with Crippen molar-refractivity contribution in [3.05, 3.63) is 24.4 Å². The van der Waals surface area contributed by atoms with Crippen molar-refractivity contribution in [1.29, 1.82) is 0 Å². The summed E-state index contributed by atoms with van der Waals surface area (Å²) in [6, 6.07) is 5.93. The molecule has 1 fully saturated rings. The van der Waals surface area contributed by atoms with Crippen LogP contribution in [0.25, 0.3) is 10.6 Å². The third-order valence-corrected chi connectivity index (χ3v) is 4.69. The lowest BCUT2D eigenvalue weighted by Gasteiger charge is -2.11. The van der Waals surface area contributed by atoms with E-state index in [1.807, 2.05) is 29.4 Å². The molecule has 1 amide bonds. The zero-order valence-corrected chi connectivity index (χ0v) is 12.1. The van der Waals surface area contributed by atoms with Gasteiger partial charge >= 0.3 is 0 Å². The Labute approximate surface area is 119 Å². The van der Waals surface area contributed by atoms with E-state index in [2.05, 4.69) is 9.97 Å². The van der Waals surface area contributed by atoms with Crippen molar-refractivity contribution >= 4 is 34.0 Å². The molecular weight excluding hydrogens is 278 g/mol. The smallest absolute Gasteiger partial charge is 0.227 e. The van der Waals surface area contributed by atoms with Crippen molar-refractivity contribution in [3.8, 4) is 10.6 Å². The van der Waals surface area contributed by atoms with Crippen LogP contribution in [0.15, 0.2) is 29.6 Å². The van der Waals surface area contributed by atoms with Crippen molar-refractivity contribution in [1.82, 2.24) is 9.97 Å². The zero-order chi connectivity index (χ0) is 13.2. The summed E-state index contributed by atoms with van der Waals surface area (Å²) in [5.41, 5.74) is 0.919. The summed E-state index contributed by atoms with van der Waals surface area (Å²) in [5, 5.41) is 1.78. The van der Waals surface area contributed by atoms with Gasteiger partial charge in [-0.05, 0) is 30.9 Å². The van der Waals surface area contributed by atoms with Gasteiger partial charge in [0.2, 0.25) is 5.91 Å². The second kappa shape index (κ2) is 5.30. The lowest BCUT2D eigenvalue weighted by Crippen LogP contribution is -2.22. The van der Waals surface area contributed by atoms with Gasteiger partial charge in [-0.2, -0.15) is 0 Å². The van der Waals surface area contributed by atoms with Crippen molar-refractivity contribution in [2.24, 2.45) is 0 Å². The van der Waals surface area contributed by atoms with E-state index >= 15 is 0 Å². The van der Waals surface area contributed by atoms with Crippen LogP contribution < -0.4 is 4.90 Å². The van der Waals surface area contributed by atoms with Gasteiger partial charge in [-0.1, -0.05) is 11.8 Å². The average Bonchev–Trinajstić information content (AvgIpc) is 3.07. The van der Waals surface area contributed by atoms with E-state index in [9.17, 15) is 4.79 Å². The number of aromatic nitrogens is 2. The van der Waals surface area contributed by atoms with Crippen LogP contribution in [0, 0.1) is 0 Å². The van der Waals surface area contributed by atoms with Gasteiger partial charge < -0.3 is 4.90 Å². The van der Waals surface area contributed by atoms with E-state index < -0.39 is 0 Å². The minimum Gasteiger partial charge on any atom is -0.304 e. The number of thioether (sulfide) groups is 1. The molecule has 0 bridgehead atoms. The second-order valence-electron chi connectivity index (χ2n) is 4.22. The molecule has 1 aliphatic heterocycles. The highest BCUT2D eigenvalue weighted by Crippen LogP contribution is 2.34. The second-order valence-corrected chi connectivity index (χ2v) is 6.05. The first-order valence-corrected chi connectivity index (χ1v) is 8.09. The summed E-state index contributed by atoms with van der Waals surface area (Å²) in [6.45, 7) is 0.832. The number of rotatable bonds is 3. The van der Waals surface area contributed by atoms with Crippen LogP contribution in [0.5, 0.6) is 0 Å². The molecule has 98 valence electrons. The highest BCUT2D eigenvalue weighted by Gasteiger charge is 2.23. The van der Waals surface area contributed by atoms with E-state index in [0.29, 0.717) is 6.42 Å². The van der Waals surface area contributed by atoms with Crippen molar-refractivity contribution in [2.45, 2.75) is 18.0 Å². The Morgan fingerprint density at radius 1 is 1.37 bits per heavy atom. The Morgan fingerprint density at radius 3 is 3.00 bits per heavy atom. The van der Waals surface area contributed by atoms with Crippen molar-refractivity contribution in [3.63, 3.8) is 0 Å². The predicted octanol–water partition coefficient (Wildman–Crippen LogP) is 3.05. The molecule has 0 aromatic carbocycles. The lowest BCUT2D eigenvalue weighted by molar-refractivity contribution is -0.117. The van der Waals surface area contributed by atoms with Crippen LogP contribution in [0.1, 0.15) is 12.8 Å². The Hall–Kier alpha value is -1.40. The molecule has 0 radical (unpaired) electrons. The maximum Gasteiger partial charge on any atom is 0.227 e. The van der Waals surface area contributed by atoms with E-state index in [4.69, 9.17) is 0 Å². The quantitative estimate of drug-likeness (QED) is 0.644. The molecule has 0 N–H and O–H groups in total. The largest absolute Gasteiger partial charge is 0.304 e. The maximum absolute atomic E-state index is 11.7. The van der Waals surface area contributed by atoms with Gasteiger partial charge in [0.25, 0.3) is 0 Å². The maximum atomic E-state index is 11.7. The summed E-state index contributed by atoms with van der Waals surface area (Å²) < 4.78 is 0. The normalized spacial score (nSPS) is 15.2. The SMILES string of the molecule is CSc1nccc(-c2ccc(N3CCCC3=O)s2)n1. The Morgan fingerprint density at radius 2 is 2.26 bits per heavy atom. The molecule has 19 heavy (non-hydrogen) atoms. The number of hydrogen-bond acceptors (Lipinski definition) is 5. The number of anilines is 1. The number of amides is 1. The van der Waals surface area contributed by atoms with Gasteiger partial charge in [-0.25, -0.2) is 9.97 Å². The standard InChI is InChI=1S/C13H13N3OS2/c1-18-13-14-7-6-9(15-13)10-4-5-12(19-10)16-8-2-3-11(16)17/h4-7H,2-3,8H2,1H3. The Bertz CT molecular complexity index is 611. The molecule has 4 nitrogen and oxygen atoms in total. The molecule has 1 saturated heterocycles. The first kappa shape index (κ1) is 12.6. The fourth-order valence-electron chi connectivity index (χ4n) is 2.07. The molecule has 0 spiro atoms. The number of carbonyl (C=O) groups excluding carboxylic acids is 1. The molecule has 6 heteroatoms. The number of thiophene rings is 1. The van der Waals surface area contributed by atoms with Gasteiger partial charge in [0.15, 0.2) is 5.16 Å². The fraction of sp³-hybridized carbons (Fsp3) is 0.308. The number of nitrogens with zero attached hydrogens (tertiary/aromatic N) is 3. The Balaban J connectivity index is 1.90. The van der Waals surface area contributed by atoms with E-state index in [-0.39, 0.29) is 5.91 Å². The third kappa shape index (κ3) is 2.50. The fourth-order valence-corrected chi connectivity index (χ4v) is 3.44. The van der Waals surface area contributed by atoms with Crippen LogP contribution in [0.2, 0.25) is 0 Å². The third-order valence-electron chi connectivity index (χ3n) is 3.00. The molecule has 2 aromatic heterocycles. The zero-order valence-electron chi connectivity index (χ0n) is 10.5. The first-order chi connectivity index (χ1) is 9.28. The number of carbonyl (C=O) groups is 1. The van der Waals surface area contributed by atoms with Crippen molar-refractivity contribution < 1.29 is 4.79 Å². The van der Waals surface area contributed by atoms with Gasteiger partial charge in [0.1, 0.15) is 0 Å². The molecule has 2 aromatic rings. The van der Waals surface area contributed by atoms with E-state index in [1.165, 1.54) is 11.8 Å². The minimum atomic E-state index is 0.223. The van der Waals surface area contributed by atoms with Gasteiger partial charge in [0, 0.05) is 19.2 Å². The number of hydrogen-bond donors (Lipinski definition) is 0. The average molecular weight is 291 g/mol. The molecule has 3 rings (SSSR count). The van der Waals surface area contributed by atoms with Crippen LogP contribution in [-0.4, -0.2) is 28.7 Å². The van der Waals surface area contributed by atoms with Crippen LogP contribution in [-0.2, 0) is 4.79 Å². The topological polar surface area (TPSA) is 46.1 Å². The highest BCUT2D eigenvalue weighted by molar-refractivity contribution is 7.98. The van der Waals surface area contributed by atoms with Crippen LogP contribution >= 0.6 is 23.1 Å². The van der Waals surface area contributed by atoms with Crippen molar-refractivity contribution in [2.75, 3.05) is 17.7 Å². The summed E-state index contributed by atoms with van der Waals surface area (Å²) in [7, 11) is 0. The van der Waals surface area contributed by atoms with Gasteiger partial charge in [0.05, 0.1) is 15.6 Å². The highest BCUT2D eigenvalue weighted by atomic mass is 32.2. The molecule has 0 aliphatic carbocycles. The van der Waals surface area contributed by atoms with Crippen LogP contribution in [0.4, 0.5) is 5.00 Å². The monoisotopic (exact) mass is 291 g/mol. The van der Waals surface area contributed by atoms with Crippen LogP contribution in [0.3, 0.4) is 0 Å². The first-order valence-electron chi connectivity index (χ1n) is 6.05. The predicted molar refractivity (Wildman–Crippen MR) is 78.7 cm³/mol.